The Morgan fingerprint density at radius 2 is 1.89 bits per heavy atom. The van der Waals surface area contributed by atoms with E-state index in [1.54, 1.807) is 11.3 Å². The van der Waals surface area contributed by atoms with Gasteiger partial charge in [0.05, 0.1) is 0 Å². The molecule has 1 aromatic rings. The Bertz CT molecular complexity index is 295. The SMILES string of the molecule is CCOC(CNC(c1cccs1)C(C)C)OCC. The van der Waals surface area contributed by atoms with Gasteiger partial charge in [-0.25, -0.2) is 0 Å². The fourth-order valence-corrected chi connectivity index (χ4v) is 2.87. The highest BCUT2D eigenvalue weighted by Gasteiger charge is 2.18. The molecule has 4 heteroatoms. The van der Waals surface area contributed by atoms with Crippen molar-refractivity contribution in [1.82, 2.24) is 5.32 Å². The zero-order valence-electron chi connectivity index (χ0n) is 11.8. The first-order valence-corrected chi connectivity index (χ1v) is 7.56. The molecule has 0 aromatic carbocycles. The third-order valence-corrected chi connectivity index (χ3v) is 3.68. The molecule has 1 N–H and O–H groups in total. The highest BCUT2D eigenvalue weighted by Crippen LogP contribution is 2.25. The lowest BCUT2D eigenvalue weighted by Gasteiger charge is -2.24. The van der Waals surface area contributed by atoms with Gasteiger partial charge in [-0.1, -0.05) is 19.9 Å². The summed E-state index contributed by atoms with van der Waals surface area (Å²) in [4.78, 5) is 1.37. The van der Waals surface area contributed by atoms with Gasteiger partial charge < -0.3 is 14.8 Å². The van der Waals surface area contributed by atoms with Crippen molar-refractivity contribution in [2.24, 2.45) is 5.92 Å². The summed E-state index contributed by atoms with van der Waals surface area (Å²) >= 11 is 1.79. The molecular weight excluding hydrogens is 246 g/mol. The quantitative estimate of drug-likeness (QED) is 0.698. The van der Waals surface area contributed by atoms with E-state index in [1.165, 1.54) is 4.88 Å². The minimum atomic E-state index is -0.152. The maximum absolute atomic E-state index is 5.55. The molecule has 0 aliphatic heterocycles. The summed E-state index contributed by atoms with van der Waals surface area (Å²) in [6.45, 7) is 10.5. The van der Waals surface area contributed by atoms with Crippen molar-refractivity contribution in [1.29, 1.82) is 0 Å². The van der Waals surface area contributed by atoms with Crippen LogP contribution in [0.5, 0.6) is 0 Å². The lowest BCUT2D eigenvalue weighted by Crippen LogP contribution is -2.35. The molecule has 0 aliphatic rings. The van der Waals surface area contributed by atoms with Gasteiger partial charge in [-0.3, -0.25) is 0 Å². The summed E-state index contributed by atoms with van der Waals surface area (Å²) in [6.07, 6.45) is -0.152. The smallest absolute Gasteiger partial charge is 0.169 e. The zero-order chi connectivity index (χ0) is 13.4. The van der Waals surface area contributed by atoms with Gasteiger partial charge in [0.25, 0.3) is 0 Å². The van der Waals surface area contributed by atoms with E-state index in [2.05, 4.69) is 36.7 Å². The minimum Gasteiger partial charge on any atom is -0.352 e. The molecule has 1 atom stereocenters. The second kappa shape index (κ2) is 8.64. The summed E-state index contributed by atoms with van der Waals surface area (Å²) in [5, 5.41) is 5.67. The number of hydrogen-bond acceptors (Lipinski definition) is 4. The molecule has 104 valence electrons. The molecule has 0 spiro atoms. The monoisotopic (exact) mass is 271 g/mol. The number of rotatable bonds is 9. The largest absolute Gasteiger partial charge is 0.352 e. The Hall–Kier alpha value is -0.420. The average molecular weight is 271 g/mol. The van der Waals surface area contributed by atoms with Crippen molar-refractivity contribution in [2.45, 2.75) is 40.0 Å². The maximum atomic E-state index is 5.55. The van der Waals surface area contributed by atoms with Crippen LogP contribution in [0.3, 0.4) is 0 Å². The number of thiophene rings is 1. The summed E-state index contributed by atoms with van der Waals surface area (Å²) in [6, 6.07) is 4.65. The molecule has 0 saturated carbocycles. The molecule has 1 unspecified atom stereocenters. The Morgan fingerprint density at radius 1 is 1.22 bits per heavy atom. The van der Waals surface area contributed by atoms with Crippen LogP contribution in [0.1, 0.15) is 38.6 Å². The van der Waals surface area contributed by atoms with Crippen LogP contribution in [0.2, 0.25) is 0 Å². The van der Waals surface area contributed by atoms with Gasteiger partial charge in [0.1, 0.15) is 0 Å². The van der Waals surface area contributed by atoms with Crippen molar-refractivity contribution in [3.8, 4) is 0 Å². The Labute approximate surface area is 114 Å². The molecule has 0 radical (unpaired) electrons. The second-order valence-electron chi connectivity index (χ2n) is 4.49. The molecular formula is C14H25NO2S. The van der Waals surface area contributed by atoms with E-state index >= 15 is 0 Å². The minimum absolute atomic E-state index is 0.152. The molecule has 3 nitrogen and oxygen atoms in total. The highest BCUT2D eigenvalue weighted by molar-refractivity contribution is 7.10. The highest BCUT2D eigenvalue weighted by atomic mass is 32.1. The van der Waals surface area contributed by atoms with E-state index < -0.39 is 0 Å². The van der Waals surface area contributed by atoms with Gasteiger partial charge in [-0.15, -0.1) is 11.3 Å². The maximum Gasteiger partial charge on any atom is 0.169 e. The standard InChI is InChI=1S/C14H25NO2S/c1-5-16-13(17-6-2)10-15-14(11(3)4)12-8-7-9-18-12/h7-9,11,13-15H,5-6,10H2,1-4H3. The lowest BCUT2D eigenvalue weighted by molar-refractivity contribution is -0.134. The summed E-state index contributed by atoms with van der Waals surface area (Å²) < 4.78 is 11.1. The topological polar surface area (TPSA) is 30.5 Å². The van der Waals surface area contributed by atoms with Crippen molar-refractivity contribution in [2.75, 3.05) is 19.8 Å². The summed E-state index contributed by atoms with van der Waals surface area (Å²) in [7, 11) is 0. The first-order chi connectivity index (χ1) is 8.69. The van der Waals surface area contributed by atoms with E-state index in [0.29, 0.717) is 25.2 Å². The van der Waals surface area contributed by atoms with Crippen molar-refractivity contribution >= 4 is 11.3 Å². The van der Waals surface area contributed by atoms with Crippen LogP contribution in [0.15, 0.2) is 17.5 Å². The van der Waals surface area contributed by atoms with Crippen molar-refractivity contribution in [3.63, 3.8) is 0 Å². The predicted octanol–water partition coefficient (Wildman–Crippen LogP) is 3.43. The van der Waals surface area contributed by atoms with E-state index in [4.69, 9.17) is 9.47 Å². The van der Waals surface area contributed by atoms with Gasteiger partial charge in [0, 0.05) is 30.7 Å². The van der Waals surface area contributed by atoms with Crippen LogP contribution < -0.4 is 5.32 Å². The normalized spacial score (nSPS) is 13.4. The lowest BCUT2D eigenvalue weighted by atomic mass is 10.0. The van der Waals surface area contributed by atoms with Gasteiger partial charge >= 0.3 is 0 Å². The molecule has 0 amide bonds. The van der Waals surface area contributed by atoms with Crippen LogP contribution in [-0.2, 0) is 9.47 Å². The third-order valence-electron chi connectivity index (χ3n) is 2.73. The van der Waals surface area contributed by atoms with Crippen LogP contribution >= 0.6 is 11.3 Å². The van der Waals surface area contributed by atoms with Gasteiger partial charge in [-0.05, 0) is 31.2 Å². The Kier molecular flexibility index (Phi) is 7.51. The molecule has 1 aromatic heterocycles. The molecule has 0 fully saturated rings. The van der Waals surface area contributed by atoms with Gasteiger partial charge in [0.15, 0.2) is 6.29 Å². The molecule has 0 saturated heterocycles. The molecule has 18 heavy (non-hydrogen) atoms. The fraction of sp³-hybridized carbons (Fsp3) is 0.714. The molecule has 0 bridgehead atoms. The van der Waals surface area contributed by atoms with Crippen LogP contribution in [-0.4, -0.2) is 26.0 Å². The number of hydrogen-bond donors (Lipinski definition) is 1. The summed E-state index contributed by atoms with van der Waals surface area (Å²) in [5.74, 6) is 0.549. The van der Waals surface area contributed by atoms with E-state index in [0.717, 1.165) is 6.54 Å². The zero-order valence-corrected chi connectivity index (χ0v) is 12.6. The van der Waals surface area contributed by atoms with E-state index in [1.807, 2.05) is 13.8 Å². The summed E-state index contributed by atoms with van der Waals surface area (Å²) in [5.41, 5.74) is 0. The Balaban J connectivity index is 2.51. The predicted molar refractivity (Wildman–Crippen MR) is 76.9 cm³/mol. The second-order valence-corrected chi connectivity index (χ2v) is 5.46. The number of nitrogens with one attached hydrogen (secondary N) is 1. The molecule has 0 aliphatic carbocycles. The first kappa shape index (κ1) is 15.6. The van der Waals surface area contributed by atoms with E-state index in [9.17, 15) is 0 Å². The van der Waals surface area contributed by atoms with Crippen molar-refractivity contribution in [3.05, 3.63) is 22.4 Å². The Morgan fingerprint density at radius 3 is 2.33 bits per heavy atom. The van der Waals surface area contributed by atoms with Crippen molar-refractivity contribution < 1.29 is 9.47 Å². The van der Waals surface area contributed by atoms with E-state index in [-0.39, 0.29) is 6.29 Å². The van der Waals surface area contributed by atoms with Crippen LogP contribution in [0.4, 0.5) is 0 Å². The first-order valence-electron chi connectivity index (χ1n) is 6.69. The van der Waals surface area contributed by atoms with Crippen LogP contribution in [0, 0.1) is 5.92 Å². The average Bonchev–Trinajstić information content (AvgIpc) is 2.83. The van der Waals surface area contributed by atoms with Gasteiger partial charge in [-0.2, -0.15) is 0 Å². The number of ether oxygens (including phenoxy) is 2. The third kappa shape index (κ3) is 5.06. The fourth-order valence-electron chi connectivity index (χ4n) is 1.89. The van der Waals surface area contributed by atoms with Crippen LogP contribution in [0.25, 0.3) is 0 Å². The van der Waals surface area contributed by atoms with Gasteiger partial charge in [0.2, 0.25) is 0 Å². The molecule has 1 rings (SSSR count). The molecule has 1 heterocycles.